The number of carbonyl (C=O) groups excluding carboxylic acids is 1. The molecule has 1 saturated heterocycles. The molecule has 0 bridgehead atoms. The van der Waals surface area contributed by atoms with Crippen LogP contribution in [0, 0.1) is 0 Å². The van der Waals surface area contributed by atoms with E-state index >= 15 is 0 Å². The highest BCUT2D eigenvalue weighted by molar-refractivity contribution is 8.06. The van der Waals surface area contributed by atoms with Crippen LogP contribution >= 0.6 is 23.5 Å². The molecule has 5 nitrogen and oxygen atoms in total. The topological polar surface area (TPSA) is 66.9 Å². The Morgan fingerprint density at radius 1 is 1.42 bits per heavy atom. The second-order valence-corrected chi connectivity index (χ2v) is 6.67. The molecule has 0 saturated carbocycles. The predicted molar refractivity (Wildman–Crippen MR) is 82.1 cm³/mol. The van der Waals surface area contributed by atoms with Crippen molar-refractivity contribution in [2.75, 3.05) is 35.7 Å². The second-order valence-electron chi connectivity index (χ2n) is 4.11. The highest BCUT2D eigenvalue weighted by Gasteiger charge is 2.16. The molecule has 2 heterocycles. The van der Waals surface area contributed by atoms with Crippen LogP contribution in [0.3, 0.4) is 0 Å². The summed E-state index contributed by atoms with van der Waals surface area (Å²) < 4.78 is 0. The predicted octanol–water partition coefficient (Wildman–Crippen LogP) is 1.49. The summed E-state index contributed by atoms with van der Waals surface area (Å²) in [6.07, 6.45) is 0. The van der Waals surface area contributed by atoms with Crippen LogP contribution in [0.4, 0.5) is 5.82 Å². The van der Waals surface area contributed by atoms with Crippen molar-refractivity contribution in [2.45, 2.75) is 12.2 Å². The number of aromatic nitrogens is 2. The van der Waals surface area contributed by atoms with E-state index < -0.39 is 0 Å². The van der Waals surface area contributed by atoms with Crippen molar-refractivity contribution in [3.8, 4) is 0 Å². The number of thioether (sulfide) groups is 2. The Morgan fingerprint density at radius 2 is 2.32 bits per heavy atom. The maximum atomic E-state index is 11.9. The third kappa shape index (κ3) is 4.58. The summed E-state index contributed by atoms with van der Waals surface area (Å²) in [4.78, 5) is 11.9. The van der Waals surface area contributed by atoms with Crippen molar-refractivity contribution < 1.29 is 4.79 Å². The number of nitrogens with one attached hydrogen (secondary N) is 2. The summed E-state index contributed by atoms with van der Waals surface area (Å²) in [5.74, 6) is 4.04. The highest BCUT2D eigenvalue weighted by Crippen LogP contribution is 2.23. The van der Waals surface area contributed by atoms with Gasteiger partial charge in [0.1, 0.15) is 5.82 Å². The van der Waals surface area contributed by atoms with E-state index in [1.807, 2.05) is 30.4 Å². The van der Waals surface area contributed by atoms with Gasteiger partial charge in [-0.05, 0) is 19.1 Å². The number of amides is 1. The molecule has 104 valence electrons. The van der Waals surface area contributed by atoms with Crippen LogP contribution in [0.15, 0.2) is 12.1 Å². The molecule has 1 aliphatic rings. The molecule has 7 heteroatoms. The number of rotatable bonds is 5. The van der Waals surface area contributed by atoms with Crippen molar-refractivity contribution in [1.82, 2.24) is 15.5 Å². The Morgan fingerprint density at radius 3 is 2.95 bits per heavy atom. The normalized spacial score (nSPS) is 18.9. The number of anilines is 1. The van der Waals surface area contributed by atoms with Gasteiger partial charge in [-0.15, -0.1) is 10.2 Å². The van der Waals surface area contributed by atoms with Gasteiger partial charge in [-0.3, -0.25) is 4.79 Å². The molecule has 0 aromatic carbocycles. The molecule has 2 N–H and O–H groups in total. The molecule has 1 aromatic rings. The minimum Gasteiger partial charge on any atom is -0.369 e. The molecular formula is C12H18N4OS2. The van der Waals surface area contributed by atoms with Gasteiger partial charge in [0.2, 0.25) is 0 Å². The number of nitrogens with zero attached hydrogens (tertiary/aromatic N) is 2. The molecule has 1 atom stereocenters. The molecule has 1 fully saturated rings. The minimum atomic E-state index is -0.147. The fourth-order valence-corrected chi connectivity index (χ4v) is 4.29. The third-order valence-electron chi connectivity index (χ3n) is 2.63. The smallest absolute Gasteiger partial charge is 0.271 e. The molecule has 2 rings (SSSR count). The van der Waals surface area contributed by atoms with E-state index in [9.17, 15) is 4.79 Å². The van der Waals surface area contributed by atoms with Crippen LogP contribution in [0.5, 0.6) is 0 Å². The SMILES string of the molecule is CCNc1ccc(C(=O)NCC2CSCCS2)nn1. The Labute approximate surface area is 121 Å². The van der Waals surface area contributed by atoms with Gasteiger partial charge in [-0.25, -0.2) is 0 Å². The van der Waals surface area contributed by atoms with Gasteiger partial charge >= 0.3 is 0 Å². The summed E-state index contributed by atoms with van der Waals surface area (Å²) in [5, 5.41) is 14.4. The van der Waals surface area contributed by atoms with E-state index in [1.54, 1.807) is 12.1 Å². The van der Waals surface area contributed by atoms with Crippen LogP contribution in [0.25, 0.3) is 0 Å². The molecule has 0 aliphatic carbocycles. The van der Waals surface area contributed by atoms with Gasteiger partial charge in [0, 0.05) is 35.6 Å². The fourth-order valence-electron chi connectivity index (χ4n) is 1.68. The zero-order valence-corrected chi connectivity index (χ0v) is 12.5. The van der Waals surface area contributed by atoms with Gasteiger partial charge in [-0.2, -0.15) is 23.5 Å². The Kier molecular flexibility index (Phi) is 5.78. The van der Waals surface area contributed by atoms with Crippen molar-refractivity contribution >= 4 is 35.2 Å². The van der Waals surface area contributed by atoms with Crippen LogP contribution in [0.1, 0.15) is 17.4 Å². The first-order valence-electron chi connectivity index (χ1n) is 6.34. The van der Waals surface area contributed by atoms with E-state index in [0.29, 0.717) is 23.3 Å². The maximum Gasteiger partial charge on any atom is 0.271 e. The Balaban J connectivity index is 1.81. The first-order chi connectivity index (χ1) is 9.29. The second kappa shape index (κ2) is 7.59. The average Bonchev–Trinajstić information content (AvgIpc) is 2.47. The highest BCUT2D eigenvalue weighted by atomic mass is 32.2. The van der Waals surface area contributed by atoms with E-state index in [1.165, 1.54) is 11.5 Å². The van der Waals surface area contributed by atoms with Crippen LogP contribution in [0.2, 0.25) is 0 Å². The van der Waals surface area contributed by atoms with Crippen LogP contribution in [-0.2, 0) is 0 Å². The standard InChI is InChI=1S/C12H18N4OS2/c1-2-13-11-4-3-10(15-16-11)12(17)14-7-9-8-18-5-6-19-9/h3-4,9H,2,5-8H2,1H3,(H,13,16)(H,14,17). The van der Waals surface area contributed by atoms with E-state index in [2.05, 4.69) is 20.8 Å². The lowest BCUT2D eigenvalue weighted by atomic mass is 10.3. The lowest BCUT2D eigenvalue weighted by Crippen LogP contribution is -2.33. The van der Waals surface area contributed by atoms with E-state index in [4.69, 9.17) is 0 Å². The summed E-state index contributed by atoms with van der Waals surface area (Å²) in [6.45, 7) is 3.48. The number of carbonyl (C=O) groups is 1. The van der Waals surface area contributed by atoms with Crippen molar-refractivity contribution in [3.05, 3.63) is 17.8 Å². The lowest BCUT2D eigenvalue weighted by Gasteiger charge is -2.20. The first-order valence-corrected chi connectivity index (χ1v) is 8.55. The molecule has 1 amide bonds. The molecule has 1 unspecified atom stereocenters. The molecule has 1 aromatic heterocycles. The summed E-state index contributed by atoms with van der Waals surface area (Å²) >= 11 is 3.88. The van der Waals surface area contributed by atoms with Crippen molar-refractivity contribution in [2.24, 2.45) is 0 Å². The van der Waals surface area contributed by atoms with Gasteiger partial charge in [-0.1, -0.05) is 0 Å². The molecule has 0 spiro atoms. The number of hydrogen-bond donors (Lipinski definition) is 2. The van der Waals surface area contributed by atoms with Gasteiger partial charge in [0.05, 0.1) is 0 Å². The lowest BCUT2D eigenvalue weighted by molar-refractivity contribution is 0.0948. The quantitative estimate of drug-likeness (QED) is 0.858. The summed E-state index contributed by atoms with van der Waals surface area (Å²) in [7, 11) is 0. The first kappa shape index (κ1) is 14.5. The third-order valence-corrected chi connectivity index (χ3v) is 5.48. The average molecular weight is 298 g/mol. The molecular weight excluding hydrogens is 280 g/mol. The monoisotopic (exact) mass is 298 g/mol. The molecule has 0 radical (unpaired) electrons. The van der Waals surface area contributed by atoms with Crippen LogP contribution in [-0.4, -0.2) is 51.7 Å². The molecule has 19 heavy (non-hydrogen) atoms. The fraction of sp³-hybridized carbons (Fsp3) is 0.583. The van der Waals surface area contributed by atoms with Gasteiger partial charge < -0.3 is 10.6 Å². The maximum absolute atomic E-state index is 11.9. The summed E-state index contributed by atoms with van der Waals surface area (Å²) in [5.41, 5.74) is 0.370. The number of hydrogen-bond acceptors (Lipinski definition) is 6. The minimum absolute atomic E-state index is 0.147. The van der Waals surface area contributed by atoms with Gasteiger partial charge in [0.25, 0.3) is 5.91 Å². The largest absolute Gasteiger partial charge is 0.369 e. The van der Waals surface area contributed by atoms with Crippen molar-refractivity contribution in [3.63, 3.8) is 0 Å². The van der Waals surface area contributed by atoms with E-state index in [-0.39, 0.29) is 5.91 Å². The van der Waals surface area contributed by atoms with Crippen LogP contribution < -0.4 is 10.6 Å². The molecule has 1 aliphatic heterocycles. The zero-order chi connectivity index (χ0) is 13.5. The zero-order valence-electron chi connectivity index (χ0n) is 10.9. The van der Waals surface area contributed by atoms with Crippen molar-refractivity contribution in [1.29, 1.82) is 0 Å². The van der Waals surface area contributed by atoms with E-state index in [0.717, 1.165) is 12.3 Å². The van der Waals surface area contributed by atoms with Gasteiger partial charge in [0.15, 0.2) is 5.69 Å². The Bertz CT molecular complexity index is 407. The summed E-state index contributed by atoms with van der Waals surface area (Å²) in [6, 6.07) is 3.47. The Hall–Kier alpha value is -0.950.